The molecule has 1 aromatic carbocycles. The molecule has 0 fully saturated rings. The highest BCUT2D eigenvalue weighted by Gasteiger charge is 2.15. The molecule has 0 saturated heterocycles. The van der Waals surface area contributed by atoms with Crippen molar-refractivity contribution >= 4 is 16.9 Å². The van der Waals surface area contributed by atoms with Gasteiger partial charge in [-0.2, -0.15) is 0 Å². The molecule has 2 N–H and O–H groups in total. The topological polar surface area (TPSA) is 106 Å². The number of carboxylic acid groups (broad SMARTS) is 1. The Hall–Kier alpha value is -2.70. The zero-order valence-corrected chi connectivity index (χ0v) is 9.87. The third kappa shape index (κ3) is 2.44. The van der Waals surface area contributed by atoms with Gasteiger partial charge in [0.2, 0.25) is 5.75 Å². The monoisotopic (exact) mass is 266 g/mol. The van der Waals surface area contributed by atoms with E-state index in [4.69, 9.17) is 19.0 Å². The smallest absolute Gasteiger partial charge is 0.383 e. The standard InChI is InChI=1S/C12H10O7/c1-17-11-10(15)7-4-6(18-5-9(13)14)2-3-8(7)19-12(11)16/h2-4,15H,5H2,1H3,(H,13,14). The van der Waals surface area contributed by atoms with Gasteiger partial charge in [0, 0.05) is 0 Å². The normalized spacial score (nSPS) is 10.4. The van der Waals surface area contributed by atoms with E-state index in [1.165, 1.54) is 25.3 Å². The van der Waals surface area contributed by atoms with E-state index in [-0.39, 0.29) is 28.2 Å². The van der Waals surface area contributed by atoms with Gasteiger partial charge in [-0.1, -0.05) is 0 Å². The van der Waals surface area contributed by atoms with E-state index in [0.717, 1.165) is 0 Å². The highest BCUT2D eigenvalue weighted by Crippen LogP contribution is 2.33. The molecule has 7 heteroatoms. The predicted molar refractivity (Wildman–Crippen MR) is 63.8 cm³/mol. The first-order valence-electron chi connectivity index (χ1n) is 5.21. The van der Waals surface area contributed by atoms with Crippen LogP contribution in [0.1, 0.15) is 0 Å². The Morgan fingerprint density at radius 1 is 1.42 bits per heavy atom. The van der Waals surface area contributed by atoms with Gasteiger partial charge in [-0.05, 0) is 18.2 Å². The molecule has 0 saturated carbocycles. The van der Waals surface area contributed by atoms with Crippen LogP contribution in [-0.4, -0.2) is 29.9 Å². The molecular formula is C12H10O7. The van der Waals surface area contributed by atoms with Gasteiger partial charge in [-0.15, -0.1) is 0 Å². The van der Waals surface area contributed by atoms with Gasteiger partial charge in [0.25, 0.3) is 0 Å². The average molecular weight is 266 g/mol. The minimum atomic E-state index is -1.12. The van der Waals surface area contributed by atoms with Crippen LogP contribution < -0.4 is 15.1 Å². The second kappa shape index (κ2) is 4.89. The van der Waals surface area contributed by atoms with Crippen molar-refractivity contribution in [3.05, 3.63) is 28.6 Å². The number of hydrogen-bond acceptors (Lipinski definition) is 6. The lowest BCUT2D eigenvalue weighted by molar-refractivity contribution is -0.139. The minimum absolute atomic E-state index is 0.144. The Balaban J connectivity index is 2.52. The molecule has 0 amide bonds. The lowest BCUT2D eigenvalue weighted by Gasteiger charge is -2.07. The lowest BCUT2D eigenvalue weighted by atomic mass is 10.2. The molecule has 1 heterocycles. The Kier molecular flexibility index (Phi) is 3.28. The van der Waals surface area contributed by atoms with Crippen LogP contribution >= 0.6 is 0 Å². The Morgan fingerprint density at radius 2 is 2.16 bits per heavy atom. The van der Waals surface area contributed by atoms with Crippen molar-refractivity contribution in [2.24, 2.45) is 0 Å². The number of benzene rings is 1. The van der Waals surface area contributed by atoms with Crippen molar-refractivity contribution in [3.8, 4) is 17.2 Å². The second-order valence-corrected chi connectivity index (χ2v) is 3.61. The molecule has 7 nitrogen and oxygen atoms in total. The van der Waals surface area contributed by atoms with Crippen LogP contribution in [0.5, 0.6) is 17.2 Å². The van der Waals surface area contributed by atoms with Crippen molar-refractivity contribution in [1.29, 1.82) is 0 Å². The van der Waals surface area contributed by atoms with Gasteiger partial charge in [0.05, 0.1) is 12.5 Å². The van der Waals surface area contributed by atoms with Crippen molar-refractivity contribution < 1.29 is 28.9 Å². The summed E-state index contributed by atoms with van der Waals surface area (Å²) in [4.78, 5) is 21.8. The van der Waals surface area contributed by atoms with Gasteiger partial charge < -0.3 is 24.1 Å². The fourth-order valence-corrected chi connectivity index (χ4v) is 1.56. The van der Waals surface area contributed by atoms with Crippen LogP contribution in [0.15, 0.2) is 27.4 Å². The molecule has 0 aliphatic carbocycles. The summed E-state index contributed by atoms with van der Waals surface area (Å²) >= 11 is 0. The van der Waals surface area contributed by atoms with Gasteiger partial charge in [0.1, 0.15) is 11.3 Å². The Bertz CT molecular complexity index is 686. The van der Waals surface area contributed by atoms with E-state index < -0.39 is 18.2 Å². The number of fused-ring (bicyclic) bond motifs is 1. The molecule has 0 unspecified atom stereocenters. The van der Waals surface area contributed by atoms with E-state index >= 15 is 0 Å². The third-order valence-electron chi connectivity index (χ3n) is 2.38. The fourth-order valence-electron chi connectivity index (χ4n) is 1.56. The SMILES string of the molecule is COc1c(O)c2cc(OCC(=O)O)ccc2oc1=O. The van der Waals surface area contributed by atoms with Crippen molar-refractivity contribution in [2.75, 3.05) is 13.7 Å². The van der Waals surface area contributed by atoms with E-state index in [1.807, 2.05) is 0 Å². The first kappa shape index (κ1) is 12.7. The van der Waals surface area contributed by atoms with Crippen LogP contribution in [-0.2, 0) is 4.79 Å². The highest BCUT2D eigenvalue weighted by molar-refractivity contribution is 5.86. The number of ether oxygens (including phenoxy) is 2. The highest BCUT2D eigenvalue weighted by atomic mass is 16.5. The van der Waals surface area contributed by atoms with Gasteiger partial charge in [-0.25, -0.2) is 9.59 Å². The molecular weight excluding hydrogens is 256 g/mol. The fraction of sp³-hybridized carbons (Fsp3) is 0.167. The number of hydrogen-bond donors (Lipinski definition) is 2. The maximum atomic E-state index is 11.4. The first-order chi connectivity index (χ1) is 9.02. The summed E-state index contributed by atoms with van der Waals surface area (Å²) in [5.74, 6) is -1.60. The molecule has 2 rings (SSSR count). The van der Waals surface area contributed by atoms with Gasteiger partial charge in [-0.3, -0.25) is 0 Å². The van der Waals surface area contributed by atoms with Crippen LogP contribution in [0, 0.1) is 0 Å². The quantitative estimate of drug-likeness (QED) is 0.794. The number of carboxylic acids is 1. The Morgan fingerprint density at radius 3 is 2.79 bits per heavy atom. The number of methoxy groups -OCH3 is 1. The van der Waals surface area contributed by atoms with Crippen LogP contribution in [0.2, 0.25) is 0 Å². The molecule has 0 bridgehead atoms. The molecule has 100 valence electrons. The molecule has 19 heavy (non-hydrogen) atoms. The van der Waals surface area contributed by atoms with Crippen molar-refractivity contribution in [3.63, 3.8) is 0 Å². The Labute approximate surface area is 106 Å². The summed E-state index contributed by atoms with van der Waals surface area (Å²) in [7, 11) is 1.22. The third-order valence-corrected chi connectivity index (χ3v) is 2.38. The van der Waals surface area contributed by atoms with E-state index in [1.54, 1.807) is 0 Å². The van der Waals surface area contributed by atoms with Crippen molar-refractivity contribution in [1.82, 2.24) is 0 Å². The average Bonchev–Trinajstić information content (AvgIpc) is 2.37. The largest absolute Gasteiger partial charge is 0.504 e. The van der Waals surface area contributed by atoms with Gasteiger partial charge >= 0.3 is 11.6 Å². The molecule has 0 atom stereocenters. The van der Waals surface area contributed by atoms with E-state index in [0.29, 0.717) is 0 Å². The minimum Gasteiger partial charge on any atom is -0.504 e. The molecule has 0 aliphatic heterocycles. The zero-order valence-electron chi connectivity index (χ0n) is 9.87. The zero-order chi connectivity index (χ0) is 14.0. The summed E-state index contributed by atoms with van der Waals surface area (Å²) in [6.07, 6.45) is 0. The summed E-state index contributed by atoms with van der Waals surface area (Å²) in [5, 5.41) is 18.6. The van der Waals surface area contributed by atoms with Crippen molar-refractivity contribution in [2.45, 2.75) is 0 Å². The molecule has 0 radical (unpaired) electrons. The summed E-state index contributed by atoms with van der Waals surface area (Å²) in [6.45, 7) is -0.514. The maximum absolute atomic E-state index is 11.4. The molecule has 1 aromatic heterocycles. The summed E-state index contributed by atoms with van der Waals surface area (Å²) in [5.41, 5.74) is -0.655. The summed E-state index contributed by atoms with van der Waals surface area (Å²) in [6, 6.07) is 4.19. The number of aromatic hydroxyl groups is 1. The van der Waals surface area contributed by atoms with Crippen LogP contribution in [0.25, 0.3) is 11.0 Å². The predicted octanol–water partition coefficient (Wildman–Crippen LogP) is 0.971. The van der Waals surface area contributed by atoms with E-state index in [2.05, 4.69) is 0 Å². The van der Waals surface area contributed by atoms with Crippen LogP contribution in [0.3, 0.4) is 0 Å². The second-order valence-electron chi connectivity index (χ2n) is 3.61. The first-order valence-corrected chi connectivity index (χ1v) is 5.21. The lowest BCUT2D eigenvalue weighted by Crippen LogP contribution is -2.09. The molecule has 0 spiro atoms. The van der Waals surface area contributed by atoms with Crippen LogP contribution in [0.4, 0.5) is 0 Å². The van der Waals surface area contributed by atoms with E-state index in [9.17, 15) is 14.7 Å². The molecule has 2 aromatic rings. The summed E-state index contributed by atoms with van der Waals surface area (Å²) < 4.78 is 14.6. The molecule has 0 aliphatic rings. The number of carbonyl (C=O) groups is 1. The maximum Gasteiger partial charge on any atom is 0.383 e. The van der Waals surface area contributed by atoms with Gasteiger partial charge in [0.15, 0.2) is 12.4 Å². The number of rotatable bonds is 4. The number of aliphatic carboxylic acids is 1.